The standard InChI is InChI=1S/C18H32N4O2.HI/c1-19-18(20-11-13-22(2)12-8-14-23-3)21-15-17(24-4)16-9-6-5-7-10-16;/h5-7,9-10,17H,8,11-15H2,1-4H3,(H2,19,20,21);1H. The van der Waals surface area contributed by atoms with Crippen LogP contribution in [0.1, 0.15) is 18.1 Å². The zero-order valence-corrected chi connectivity index (χ0v) is 18.2. The third-order valence-corrected chi connectivity index (χ3v) is 3.81. The number of halogens is 1. The summed E-state index contributed by atoms with van der Waals surface area (Å²) in [5.41, 5.74) is 1.15. The van der Waals surface area contributed by atoms with Crippen LogP contribution in [0.4, 0.5) is 0 Å². The zero-order chi connectivity index (χ0) is 17.6. The summed E-state index contributed by atoms with van der Waals surface area (Å²) >= 11 is 0. The van der Waals surface area contributed by atoms with Crippen LogP contribution >= 0.6 is 24.0 Å². The number of nitrogens with zero attached hydrogens (tertiary/aromatic N) is 2. The number of hydrogen-bond donors (Lipinski definition) is 2. The van der Waals surface area contributed by atoms with Gasteiger partial charge >= 0.3 is 0 Å². The summed E-state index contributed by atoms with van der Waals surface area (Å²) in [6.45, 7) is 4.30. The molecule has 0 aliphatic rings. The van der Waals surface area contributed by atoms with Crippen molar-refractivity contribution in [3.63, 3.8) is 0 Å². The summed E-state index contributed by atoms with van der Waals surface area (Å²) in [6, 6.07) is 10.2. The number of ether oxygens (including phenoxy) is 2. The Morgan fingerprint density at radius 1 is 1.16 bits per heavy atom. The molecule has 0 aromatic heterocycles. The molecule has 0 amide bonds. The SMILES string of the molecule is CN=C(NCCN(C)CCCOC)NCC(OC)c1ccccc1.I. The van der Waals surface area contributed by atoms with Gasteiger partial charge in [0.05, 0.1) is 6.10 Å². The van der Waals surface area contributed by atoms with E-state index in [9.17, 15) is 0 Å². The van der Waals surface area contributed by atoms with Gasteiger partial charge in [0.1, 0.15) is 0 Å². The van der Waals surface area contributed by atoms with Crippen LogP contribution in [0, 0.1) is 0 Å². The second kappa shape index (κ2) is 15.4. The minimum absolute atomic E-state index is 0. The van der Waals surface area contributed by atoms with Crippen molar-refractivity contribution in [2.24, 2.45) is 4.99 Å². The van der Waals surface area contributed by atoms with Gasteiger partial charge < -0.3 is 25.0 Å². The van der Waals surface area contributed by atoms with Gasteiger partial charge in [-0.15, -0.1) is 24.0 Å². The van der Waals surface area contributed by atoms with Crippen LogP contribution in [0.3, 0.4) is 0 Å². The Morgan fingerprint density at radius 2 is 1.88 bits per heavy atom. The Morgan fingerprint density at radius 3 is 2.48 bits per heavy atom. The van der Waals surface area contributed by atoms with E-state index < -0.39 is 0 Å². The van der Waals surface area contributed by atoms with Crippen molar-refractivity contribution in [2.45, 2.75) is 12.5 Å². The van der Waals surface area contributed by atoms with Gasteiger partial charge in [0.15, 0.2) is 5.96 Å². The Bertz CT molecular complexity index is 460. The maximum atomic E-state index is 5.56. The highest BCUT2D eigenvalue weighted by molar-refractivity contribution is 14.0. The number of benzene rings is 1. The first-order valence-corrected chi connectivity index (χ1v) is 8.41. The van der Waals surface area contributed by atoms with E-state index in [-0.39, 0.29) is 30.1 Å². The number of guanidine groups is 1. The summed E-state index contributed by atoms with van der Waals surface area (Å²) in [5, 5.41) is 6.65. The lowest BCUT2D eigenvalue weighted by Crippen LogP contribution is -2.42. The highest BCUT2D eigenvalue weighted by Crippen LogP contribution is 2.14. The molecule has 0 aliphatic carbocycles. The van der Waals surface area contributed by atoms with Crippen molar-refractivity contribution in [2.75, 3.05) is 61.1 Å². The van der Waals surface area contributed by atoms with E-state index in [1.165, 1.54) is 0 Å². The topological polar surface area (TPSA) is 58.1 Å². The second-order valence-corrected chi connectivity index (χ2v) is 5.66. The largest absolute Gasteiger partial charge is 0.385 e. The molecule has 0 aliphatic heterocycles. The summed E-state index contributed by atoms with van der Waals surface area (Å²) in [5.74, 6) is 0.790. The van der Waals surface area contributed by atoms with Crippen LogP contribution in [0.2, 0.25) is 0 Å². The molecule has 0 bridgehead atoms. The Balaban J connectivity index is 0.00000576. The van der Waals surface area contributed by atoms with E-state index in [1.54, 1.807) is 21.3 Å². The average Bonchev–Trinajstić information content (AvgIpc) is 2.61. The number of hydrogen-bond acceptors (Lipinski definition) is 4. The molecule has 1 atom stereocenters. The maximum absolute atomic E-state index is 5.56. The molecule has 0 spiro atoms. The predicted molar refractivity (Wildman–Crippen MR) is 115 cm³/mol. The van der Waals surface area contributed by atoms with Crippen LogP contribution in [0.5, 0.6) is 0 Å². The molecule has 1 aromatic rings. The van der Waals surface area contributed by atoms with E-state index in [0.29, 0.717) is 6.54 Å². The Labute approximate surface area is 169 Å². The van der Waals surface area contributed by atoms with E-state index in [4.69, 9.17) is 9.47 Å². The van der Waals surface area contributed by atoms with Gasteiger partial charge in [-0.2, -0.15) is 0 Å². The molecule has 2 N–H and O–H groups in total. The van der Waals surface area contributed by atoms with Gasteiger partial charge in [-0.25, -0.2) is 0 Å². The summed E-state index contributed by atoms with van der Waals surface area (Å²) < 4.78 is 10.6. The molecule has 0 radical (unpaired) electrons. The number of methoxy groups -OCH3 is 2. The fourth-order valence-electron chi connectivity index (χ4n) is 2.37. The number of likely N-dealkylation sites (N-methyl/N-ethyl adjacent to an activating group) is 1. The third-order valence-electron chi connectivity index (χ3n) is 3.81. The van der Waals surface area contributed by atoms with Crippen molar-refractivity contribution in [3.05, 3.63) is 35.9 Å². The van der Waals surface area contributed by atoms with Crippen molar-refractivity contribution in [1.29, 1.82) is 0 Å². The van der Waals surface area contributed by atoms with Crippen molar-refractivity contribution in [1.82, 2.24) is 15.5 Å². The van der Waals surface area contributed by atoms with E-state index in [1.807, 2.05) is 18.2 Å². The fourth-order valence-corrected chi connectivity index (χ4v) is 2.37. The van der Waals surface area contributed by atoms with Crippen LogP contribution in [-0.4, -0.2) is 72.0 Å². The molecular formula is C18H33IN4O2. The first-order chi connectivity index (χ1) is 11.7. The number of nitrogens with one attached hydrogen (secondary N) is 2. The van der Waals surface area contributed by atoms with Gasteiger partial charge in [0.25, 0.3) is 0 Å². The summed E-state index contributed by atoms with van der Waals surface area (Å²) in [4.78, 5) is 6.54. The lowest BCUT2D eigenvalue weighted by Gasteiger charge is -2.20. The summed E-state index contributed by atoms with van der Waals surface area (Å²) in [7, 11) is 7.36. The maximum Gasteiger partial charge on any atom is 0.191 e. The molecule has 0 saturated heterocycles. The molecular weight excluding hydrogens is 431 g/mol. The van der Waals surface area contributed by atoms with Gasteiger partial charge in [-0.05, 0) is 19.0 Å². The summed E-state index contributed by atoms with van der Waals surface area (Å²) in [6.07, 6.45) is 1.05. The number of aliphatic imine (C=N–C) groups is 1. The van der Waals surface area contributed by atoms with Crippen molar-refractivity contribution >= 4 is 29.9 Å². The molecule has 1 unspecified atom stereocenters. The van der Waals surface area contributed by atoms with Crippen LogP contribution in [0.15, 0.2) is 35.3 Å². The van der Waals surface area contributed by atoms with Gasteiger partial charge in [0.2, 0.25) is 0 Å². The fraction of sp³-hybridized carbons (Fsp3) is 0.611. The lowest BCUT2D eigenvalue weighted by atomic mass is 10.1. The minimum Gasteiger partial charge on any atom is -0.385 e. The third kappa shape index (κ3) is 10.6. The minimum atomic E-state index is 0. The van der Waals surface area contributed by atoms with Crippen molar-refractivity contribution in [3.8, 4) is 0 Å². The van der Waals surface area contributed by atoms with Crippen molar-refractivity contribution < 1.29 is 9.47 Å². The molecule has 0 heterocycles. The highest BCUT2D eigenvalue weighted by Gasteiger charge is 2.10. The monoisotopic (exact) mass is 464 g/mol. The van der Waals surface area contributed by atoms with Gasteiger partial charge in [-0.3, -0.25) is 4.99 Å². The van der Waals surface area contributed by atoms with Crippen LogP contribution in [-0.2, 0) is 9.47 Å². The van der Waals surface area contributed by atoms with Gasteiger partial charge in [-0.1, -0.05) is 30.3 Å². The average molecular weight is 464 g/mol. The van der Waals surface area contributed by atoms with Crippen LogP contribution < -0.4 is 10.6 Å². The molecule has 1 aromatic carbocycles. The molecule has 0 saturated carbocycles. The smallest absolute Gasteiger partial charge is 0.191 e. The molecule has 0 fully saturated rings. The lowest BCUT2D eigenvalue weighted by molar-refractivity contribution is 0.106. The first-order valence-electron chi connectivity index (χ1n) is 8.41. The first kappa shape index (κ1) is 24.1. The normalized spacial score (nSPS) is 12.6. The predicted octanol–water partition coefficient (Wildman–Crippen LogP) is 2.13. The number of rotatable bonds is 11. The second-order valence-electron chi connectivity index (χ2n) is 5.66. The zero-order valence-electron chi connectivity index (χ0n) is 15.8. The molecule has 1 rings (SSSR count). The highest BCUT2D eigenvalue weighted by atomic mass is 127. The molecule has 6 nitrogen and oxygen atoms in total. The van der Waals surface area contributed by atoms with E-state index in [2.05, 4.69) is 39.7 Å². The van der Waals surface area contributed by atoms with E-state index >= 15 is 0 Å². The molecule has 7 heteroatoms. The van der Waals surface area contributed by atoms with E-state index in [0.717, 1.165) is 44.2 Å². The van der Waals surface area contributed by atoms with Gasteiger partial charge in [0, 0.05) is 54.1 Å². The molecule has 144 valence electrons. The Kier molecular flexibility index (Phi) is 14.8. The van der Waals surface area contributed by atoms with Crippen LogP contribution in [0.25, 0.3) is 0 Å². The Hall–Kier alpha value is -0.900. The molecule has 25 heavy (non-hydrogen) atoms. The quantitative estimate of drug-likeness (QED) is 0.228.